The van der Waals surface area contributed by atoms with E-state index in [0.29, 0.717) is 18.0 Å². The summed E-state index contributed by atoms with van der Waals surface area (Å²) in [7, 11) is 1.80. The fraction of sp³-hybridized carbons (Fsp3) is 0.286. The maximum Gasteiger partial charge on any atom is 0.228 e. The van der Waals surface area contributed by atoms with E-state index in [1.807, 2.05) is 12.1 Å². The van der Waals surface area contributed by atoms with Crippen molar-refractivity contribution in [2.45, 2.75) is 13.3 Å². The van der Waals surface area contributed by atoms with Crippen LogP contribution in [0.3, 0.4) is 0 Å². The summed E-state index contributed by atoms with van der Waals surface area (Å²) in [4.78, 5) is 16.2. The van der Waals surface area contributed by atoms with E-state index in [9.17, 15) is 4.79 Å². The van der Waals surface area contributed by atoms with Crippen molar-refractivity contribution in [1.29, 1.82) is 0 Å². The van der Waals surface area contributed by atoms with Gasteiger partial charge in [0.1, 0.15) is 5.75 Å². The molecule has 2 rings (SSSR count). The molecule has 0 bridgehead atoms. The van der Waals surface area contributed by atoms with E-state index in [1.165, 1.54) is 0 Å². The Morgan fingerprint density at radius 2 is 2.06 bits per heavy atom. The normalized spacial score (nSPS) is 10.3. The van der Waals surface area contributed by atoms with E-state index < -0.39 is 0 Å². The number of ether oxygens (including phenoxy) is 1. The van der Waals surface area contributed by atoms with Crippen LogP contribution < -0.4 is 4.74 Å². The molecule has 0 atom stereocenters. The minimum Gasteiger partial charge on any atom is -0.494 e. The van der Waals surface area contributed by atoms with Crippen molar-refractivity contribution in [3.8, 4) is 5.75 Å². The van der Waals surface area contributed by atoms with Crippen molar-refractivity contribution in [1.82, 2.24) is 9.55 Å². The zero-order chi connectivity index (χ0) is 13.0. The predicted molar refractivity (Wildman–Crippen MR) is 68.9 cm³/mol. The van der Waals surface area contributed by atoms with Gasteiger partial charge in [-0.2, -0.15) is 0 Å². The Balaban J connectivity index is 2.15. The van der Waals surface area contributed by atoms with Crippen LogP contribution in [-0.4, -0.2) is 21.9 Å². The molecule has 1 aromatic heterocycles. The van der Waals surface area contributed by atoms with Gasteiger partial charge in [-0.1, -0.05) is 6.92 Å². The van der Waals surface area contributed by atoms with Crippen LogP contribution >= 0.6 is 0 Å². The molecular formula is C14H16N2O2. The molecule has 94 valence electrons. The molecule has 0 radical (unpaired) electrons. The Morgan fingerprint density at radius 3 is 2.61 bits per heavy atom. The lowest BCUT2D eigenvalue weighted by molar-refractivity contribution is 0.102. The molecule has 1 aromatic carbocycles. The highest BCUT2D eigenvalue weighted by molar-refractivity contribution is 6.06. The molecule has 18 heavy (non-hydrogen) atoms. The number of ketones is 1. The van der Waals surface area contributed by atoms with E-state index in [-0.39, 0.29) is 5.78 Å². The third-order valence-corrected chi connectivity index (χ3v) is 2.61. The molecular weight excluding hydrogens is 228 g/mol. The first kappa shape index (κ1) is 12.4. The number of hydrogen-bond acceptors (Lipinski definition) is 3. The second-order valence-corrected chi connectivity index (χ2v) is 4.06. The molecule has 0 saturated heterocycles. The zero-order valence-electron chi connectivity index (χ0n) is 10.6. The van der Waals surface area contributed by atoms with Gasteiger partial charge in [0, 0.05) is 25.0 Å². The molecule has 0 aliphatic rings. The smallest absolute Gasteiger partial charge is 0.228 e. The van der Waals surface area contributed by atoms with Crippen LogP contribution in [0.1, 0.15) is 29.5 Å². The second kappa shape index (κ2) is 5.49. The summed E-state index contributed by atoms with van der Waals surface area (Å²) in [6, 6.07) is 7.15. The summed E-state index contributed by atoms with van der Waals surface area (Å²) in [6.45, 7) is 2.74. The summed E-state index contributed by atoms with van der Waals surface area (Å²) in [5.41, 5.74) is 0.619. The van der Waals surface area contributed by atoms with Gasteiger partial charge in [0.05, 0.1) is 6.61 Å². The Hall–Kier alpha value is -2.10. The average molecular weight is 244 g/mol. The maximum atomic E-state index is 12.1. The minimum atomic E-state index is -0.0791. The van der Waals surface area contributed by atoms with Crippen LogP contribution in [0.2, 0.25) is 0 Å². The highest BCUT2D eigenvalue weighted by Gasteiger charge is 2.13. The van der Waals surface area contributed by atoms with Crippen molar-refractivity contribution < 1.29 is 9.53 Å². The number of hydrogen-bond donors (Lipinski definition) is 0. The minimum absolute atomic E-state index is 0.0791. The lowest BCUT2D eigenvalue weighted by Crippen LogP contribution is -2.08. The molecule has 0 aliphatic carbocycles. The van der Waals surface area contributed by atoms with Gasteiger partial charge in [-0.05, 0) is 30.7 Å². The summed E-state index contributed by atoms with van der Waals surface area (Å²) >= 11 is 0. The van der Waals surface area contributed by atoms with Gasteiger partial charge in [-0.25, -0.2) is 4.98 Å². The quantitative estimate of drug-likeness (QED) is 0.759. The number of aromatic nitrogens is 2. The van der Waals surface area contributed by atoms with Gasteiger partial charge in [-0.15, -0.1) is 0 Å². The Labute approximate surface area is 106 Å². The van der Waals surface area contributed by atoms with Crippen LogP contribution in [0, 0.1) is 0 Å². The van der Waals surface area contributed by atoms with Crippen molar-refractivity contribution in [2.24, 2.45) is 7.05 Å². The number of carbonyl (C=O) groups excluding carboxylic acids is 1. The Morgan fingerprint density at radius 1 is 1.33 bits per heavy atom. The third kappa shape index (κ3) is 2.59. The molecule has 4 heteroatoms. The molecule has 0 unspecified atom stereocenters. The summed E-state index contributed by atoms with van der Waals surface area (Å²) < 4.78 is 7.18. The van der Waals surface area contributed by atoms with Crippen LogP contribution in [0.15, 0.2) is 36.7 Å². The van der Waals surface area contributed by atoms with Crippen molar-refractivity contribution in [3.63, 3.8) is 0 Å². The average Bonchev–Trinajstić information content (AvgIpc) is 2.82. The molecule has 0 spiro atoms. The van der Waals surface area contributed by atoms with Crippen LogP contribution in [-0.2, 0) is 7.05 Å². The third-order valence-electron chi connectivity index (χ3n) is 2.61. The van der Waals surface area contributed by atoms with Crippen molar-refractivity contribution in [2.75, 3.05) is 6.61 Å². The van der Waals surface area contributed by atoms with Gasteiger partial charge >= 0.3 is 0 Å². The van der Waals surface area contributed by atoms with Crippen molar-refractivity contribution >= 4 is 5.78 Å². The first-order valence-electron chi connectivity index (χ1n) is 5.97. The molecule has 2 aromatic rings. The van der Waals surface area contributed by atoms with Crippen LogP contribution in [0.4, 0.5) is 0 Å². The number of rotatable bonds is 5. The van der Waals surface area contributed by atoms with Gasteiger partial charge in [0.25, 0.3) is 0 Å². The first-order valence-corrected chi connectivity index (χ1v) is 5.97. The molecule has 1 heterocycles. The largest absolute Gasteiger partial charge is 0.494 e. The summed E-state index contributed by atoms with van der Waals surface area (Å²) in [5.74, 6) is 1.15. The maximum absolute atomic E-state index is 12.1. The van der Waals surface area contributed by atoms with Crippen LogP contribution in [0.5, 0.6) is 5.75 Å². The standard InChI is InChI=1S/C14H16N2O2/c1-3-10-18-12-6-4-11(5-7-12)13(17)14-15-8-9-16(14)2/h4-9H,3,10H2,1-2H3. The molecule has 0 saturated carbocycles. The molecule has 0 amide bonds. The number of nitrogens with zero attached hydrogens (tertiary/aromatic N) is 2. The number of aryl methyl sites for hydroxylation is 1. The number of carbonyl (C=O) groups is 1. The molecule has 0 fully saturated rings. The van der Waals surface area contributed by atoms with Gasteiger partial charge in [0.15, 0.2) is 5.82 Å². The van der Waals surface area contributed by atoms with Gasteiger partial charge < -0.3 is 9.30 Å². The second-order valence-electron chi connectivity index (χ2n) is 4.06. The SMILES string of the molecule is CCCOc1ccc(C(=O)c2nccn2C)cc1. The van der Waals surface area contributed by atoms with E-state index in [4.69, 9.17) is 4.74 Å². The molecule has 0 aliphatic heterocycles. The summed E-state index contributed by atoms with van der Waals surface area (Å²) in [6.07, 6.45) is 4.34. The monoisotopic (exact) mass is 244 g/mol. The summed E-state index contributed by atoms with van der Waals surface area (Å²) in [5, 5.41) is 0. The Bertz CT molecular complexity index is 529. The fourth-order valence-corrected chi connectivity index (χ4v) is 1.64. The van der Waals surface area contributed by atoms with Crippen molar-refractivity contribution in [3.05, 3.63) is 48.0 Å². The Kier molecular flexibility index (Phi) is 3.77. The fourth-order valence-electron chi connectivity index (χ4n) is 1.64. The first-order chi connectivity index (χ1) is 8.72. The van der Waals surface area contributed by atoms with E-state index >= 15 is 0 Å². The van der Waals surface area contributed by atoms with E-state index in [2.05, 4.69) is 11.9 Å². The zero-order valence-corrected chi connectivity index (χ0v) is 10.6. The highest BCUT2D eigenvalue weighted by atomic mass is 16.5. The lowest BCUT2D eigenvalue weighted by atomic mass is 10.1. The number of benzene rings is 1. The van der Waals surface area contributed by atoms with E-state index in [0.717, 1.165) is 12.2 Å². The predicted octanol–water partition coefficient (Wildman–Crippen LogP) is 2.44. The topological polar surface area (TPSA) is 44.1 Å². The highest BCUT2D eigenvalue weighted by Crippen LogP contribution is 2.14. The molecule has 4 nitrogen and oxygen atoms in total. The number of imidazole rings is 1. The lowest BCUT2D eigenvalue weighted by Gasteiger charge is -2.05. The van der Waals surface area contributed by atoms with Crippen LogP contribution in [0.25, 0.3) is 0 Å². The van der Waals surface area contributed by atoms with Gasteiger partial charge in [0.2, 0.25) is 5.78 Å². The van der Waals surface area contributed by atoms with Gasteiger partial charge in [-0.3, -0.25) is 4.79 Å². The van der Waals surface area contributed by atoms with E-state index in [1.54, 1.807) is 36.1 Å². The molecule has 0 N–H and O–H groups in total.